The van der Waals surface area contributed by atoms with E-state index < -0.39 is 0 Å². The molecule has 0 saturated heterocycles. The molecule has 0 radical (unpaired) electrons. The van der Waals surface area contributed by atoms with Gasteiger partial charge in [0.05, 0.1) is 35.6 Å². The van der Waals surface area contributed by atoms with Gasteiger partial charge >= 0.3 is 0 Å². The lowest BCUT2D eigenvalue weighted by molar-refractivity contribution is 0.258. The Balaban J connectivity index is 2.12. The first-order chi connectivity index (χ1) is 20.6. The molecule has 0 unspecified atom stereocenters. The quantitative estimate of drug-likeness (QED) is 0.0570. The van der Waals surface area contributed by atoms with Crippen LogP contribution in [0.25, 0.3) is 32.3 Å². The fraction of sp³-hybridized carbons (Fsp3) is 0.400. The standard InChI is InChI=1S/C30H36O6S6/c1-31-13-37-25-7-19-20(8-26(25)38-14-32-2)22-10-28(40-16-34-4)30(42-18-36-6)12-24(22)23-11-29(41-17-35-5)27(9-21(19)23)39-15-33-3/h7-12H,13-18H2,1-6H3. The minimum Gasteiger partial charge on any atom is -0.374 e. The molecule has 0 aliphatic carbocycles. The Bertz CT molecular complexity index is 1170. The van der Waals surface area contributed by atoms with Crippen molar-refractivity contribution in [1.82, 2.24) is 0 Å². The maximum atomic E-state index is 5.45. The zero-order chi connectivity index (χ0) is 29.9. The maximum absolute atomic E-state index is 5.45. The highest BCUT2D eigenvalue weighted by Crippen LogP contribution is 2.47. The Hall–Kier alpha value is -0.480. The van der Waals surface area contributed by atoms with Crippen molar-refractivity contribution in [3.05, 3.63) is 36.4 Å². The molecule has 0 heterocycles. The summed E-state index contributed by atoms with van der Waals surface area (Å²) in [6, 6.07) is 13.9. The summed E-state index contributed by atoms with van der Waals surface area (Å²) < 4.78 is 32.7. The van der Waals surface area contributed by atoms with Crippen molar-refractivity contribution in [3.63, 3.8) is 0 Å². The summed E-state index contributed by atoms with van der Waals surface area (Å²) in [6.07, 6.45) is 0. The predicted octanol–water partition coefficient (Wildman–Crippen LogP) is 9.32. The molecule has 0 aromatic heterocycles. The fourth-order valence-corrected chi connectivity index (χ4v) is 9.37. The van der Waals surface area contributed by atoms with E-state index in [1.54, 1.807) is 113 Å². The third-order valence-corrected chi connectivity index (χ3v) is 12.5. The lowest BCUT2D eigenvalue weighted by atomic mass is 9.94. The smallest absolute Gasteiger partial charge is 0.0963 e. The van der Waals surface area contributed by atoms with Crippen LogP contribution in [0.15, 0.2) is 65.8 Å². The van der Waals surface area contributed by atoms with E-state index in [9.17, 15) is 0 Å². The SMILES string of the molecule is COCSc1cc2c3cc(SCOC)c(SCOC)cc3c3cc(SCOC)c(SCOC)cc3c2cc1SCOC. The Morgan fingerprint density at radius 2 is 0.452 bits per heavy atom. The zero-order valence-corrected chi connectivity index (χ0v) is 29.5. The van der Waals surface area contributed by atoms with Gasteiger partial charge in [-0.05, 0) is 68.7 Å². The number of methoxy groups -OCH3 is 6. The molecule has 12 heteroatoms. The number of rotatable bonds is 18. The van der Waals surface area contributed by atoms with Crippen molar-refractivity contribution < 1.29 is 28.4 Å². The molecule has 0 N–H and O–H groups in total. The third kappa shape index (κ3) is 8.41. The largest absolute Gasteiger partial charge is 0.374 e. The van der Waals surface area contributed by atoms with Crippen LogP contribution in [-0.4, -0.2) is 78.3 Å². The highest BCUT2D eigenvalue weighted by atomic mass is 32.2. The Morgan fingerprint density at radius 1 is 0.310 bits per heavy atom. The van der Waals surface area contributed by atoms with Gasteiger partial charge in [0.1, 0.15) is 0 Å². The van der Waals surface area contributed by atoms with Crippen LogP contribution in [0, 0.1) is 0 Å². The van der Waals surface area contributed by atoms with Gasteiger partial charge in [0.15, 0.2) is 0 Å². The van der Waals surface area contributed by atoms with E-state index >= 15 is 0 Å². The Labute approximate surface area is 273 Å². The highest BCUT2D eigenvalue weighted by molar-refractivity contribution is 8.03. The first-order valence-electron chi connectivity index (χ1n) is 12.9. The normalized spacial score (nSPS) is 11.9. The molecule has 0 saturated carbocycles. The monoisotopic (exact) mass is 684 g/mol. The predicted molar refractivity (Wildman–Crippen MR) is 185 cm³/mol. The van der Waals surface area contributed by atoms with Crippen LogP contribution in [0.5, 0.6) is 0 Å². The van der Waals surface area contributed by atoms with Crippen molar-refractivity contribution in [2.45, 2.75) is 29.4 Å². The third-order valence-electron chi connectivity index (χ3n) is 6.12. The summed E-state index contributed by atoms with van der Waals surface area (Å²) >= 11 is 10.2. The fourth-order valence-electron chi connectivity index (χ4n) is 4.43. The minimum absolute atomic E-state index is 0.572. The molecule has 0 aliphatic rings. The maximum Gasteiger partial charge on any atom is 0.0963 e. The van der Waals surface area contributed by atoms with Gasteiger partial charge in [-0.15, -0.1) is 0 Å². The number of benzene rings is 4. The average molecular weight is 685 g/mol. The van der Waals surface area contributed by atoms with Gasteiger partial charge in [-0.3, -0.25) is 0 Å². The van der Waals surface area contributed by atoms with E-state index in [2.05, 4.69) is 36.4 Å². The van der Waals surface area contributed by atoms with E-state index in [1.165, 1.54) is 61.7 Å². The molecular weight excluding hydrogens is 649 g/mol. The Morgan fingerprint density at radius 3 is 0.571 bits per heavy atom. The second-order valence-electron chi connectivity index (χ2n) is 8.84. The van der Waals surface area contributed by atoms with Gasteiger partial charge in [-0.25, -0.2) is 0 Å². The van der Waals surface area contributed by atoms with E-state index in [4.69, 9.17) is 28.4 Å². The van der Waals surface area contributed by atoms with Crippen molar-refractivity contribution >= 4 is 103 Å². The molecule has 0 bridgehead atoms. The zero-order valence-electron chi connectivity index (χ0n) is 24.6. The first kappa shape index (κ1) is 34.4. The molecule has 0 fully saturated rings. The summed E-state index contributed by atoms with van der Waals surface area (Å²) in [5, 5.41) is 7.25. The lowest BCUT2D eigenvalue weighted by Crippen LogP contribution is -1.94. The van der Waals surface area contributed by atoms with Crippen molar-refractivity contribution in [3.8, 4) is 0 Å². The van der Waals surface area contributed by atoms with Crippen LogP contribution in [-0.2, 0) is 28.4 Å². The molecule has 0 atom stereocenters. The van der Waals surface area contributed by atoms with Crippen LogP contribution < -0.4 is 0 Å². The first-order valence-corrected chi connectivity index (χ1v) is 18.8. The number of fused-ring (bicyclic) bond motifs is 6. The lowest BCUT2D eigenvalue weighted by Gasteiger charge is -2.19. The number of thioether (sulfide) groups is 6. The topological polar surface area (TPSA) is 55.4 Å². The molecule has 228 valence electrons. The summed E-state index contributed by atoms with van der Waals surface area (Å²) in [4.78, 5) is 7.07. The molecule has 0 spiro atoms. The molecule has 4 aromatic carbocycles. The van der Waals surface area contributed by atoms with Gasteiger partial charge < -0.3 is 28.4 Å². The average Bonchev–Trinajstić information content (AvgIpc) is 3.01. The summed E-state index contributed by atoms with van der Waals surface area (Å²) in [5.41, 5.74) is 0. The molecule has 0 amide bonds. The van der Waals surface area contributed by atoms with Crippen molar-refractivity contribution in [2.75, 3.05) is 78.3 Å². The van der Waals surface area contributed by atoms with Gasteiger partial charge in [-0.1, -0.05) is 70.6 Å². The highest BCUT2D eigenvalue weighted by Gasteiger charge is 2.19. The number of ether oxygens (including phenoxy) is 6. The Kier molecular flexibility index (Phi) is 14.6. The van der Waals surface area contributed by atoms with Crippen LogP contribution in [0.1, 0.15) is 0 Å². The summed E-state index contributed by atoms with van der Waals surface area (Å²) in [5.74, 6) is 3.43. The molecule has 4 rings (SSSR count). The number of hydrogen-bond donors (Lipinski definition) is 0. The van der Waals surface area contributed by atoms with E-state index in [0.29, 0.717) is 35.6 Å². The minimum atomic E-state index is 0.572. The second kappa shape index (κ2) is 17.9. The van der Waals surface area contributed by atoms with Gasteiger partial charge in [-0.2, -0.15) is 0 Å². The van der Waals surface area contributed by atoms with Crippen molar-refractivity contribution in [1.29, 1.82) is 0 Å². The van der Waals surface area contributed by atoms with Crippen LogP contribution in [0.2, 0.25) is 0 Å². The van der Waals surface area contributed by atoms with E-state index in [0.717, 1.165) is 0 Å². The molecule has 0 aliphatic heterocycles. The molecule has 42 heavy (non-hydrogen) atoms. The second-order valence-corrected chi connectivity index (χ2v) is 14.6. The van der Waals surface area contributed by atoms with Gasteiger partial charge in [0, 0.05) is 72.0 Å². The number of hydrogen-bond acceptors (Lipinski definition) is 12. The van der Waals surface area contributed by atoms with Gasteiger partial charge in [0.25, 0.3) is 0 Å². The summed E-state index contributed by atoms with van der Waals surface area (Å²) in [6.45, 7) is 0. The van der Waals surface area contributed by atoms with Gasteiger partial charge in [0.2, 0.25) is 0 Å². The summed E-state index contributed by atoms with van der Waals surface area (Å²) in [7, 11) is 10.4. The van der Waals surface area contributed by atoms with Crippen LogP contribution in [0.4, 0.5) is 0 Å². The molecule has 4 aromatic rings. The van der Waals surface area contributed by atoms with E-state index in [1.807, 2.05) is 0 Å². The van der Waals surface area contributed by atoms with Crippen LogP contribution in [0.3, 0.4) is 0 Å². The van der Waals surface area contributed by atoms with Crippen LogP contribution >= 0.6 is 70.6 Å². The molecule has 6 nitrogen and oxygen atoms in total. The van der Waals surface area contributed by atoms with Crippen molar-refractivity contribution in [2.24, 2.45) is 0 Å². The van der Waals surface area contributed by atoms with E-state index in [-0.39, 0.29) is 0 Å². The molecular formula is C30H36O6S6.